The number of hydrogen-bond acceptors (Lipinski definition) is 4. The second kappa shape index (κ2) is 7.78. The summed E-state index contributed by atoms with van der Waals surface area (Å²) in [5.41, 5.74) is 3.01. The van der Waals surface area contributed by atoms with Crippen molar-refractivity contribution in [2.24, 2.45) is 0 Å². The fourth-order valence-corrected chi connectivity index (χ4v) is 2.57. The second-order valence-electron chi connectivity index (χ2n) is 6.45. The summed E-state index contributed by atoms with van der Waals surface area (Å²) in [4.78, 5) is 21.7. The molecule has 3 rings (SSSR count). The third-order valence-corrected chi connectivity index (χ3v) is 3.70. The van der Waals surface area contributed by atoms with Crippen LogP contribution in [0.3, 0.4) is 0 Å². The van der Waals surface area contributed by atoms with Crippen LogP contribution in [0.4, 0.5) is 11.5 Å². The van der Waals surface area contributed by atoms with Gasteiger partial charge in [0.1, 0.15) is 11.5 Å². The zero-order valence-corrected chi connectivity index (χ0v) is 15.2. The number of hydrogen-bond donors (Lipinski definition) is 2. The van der Waals surface area contributed by atoms with Gasteiger partial charge in [0.2, 0.25) is 0 Å². The van der Waals surface area contributed by atoms with Gasteiger partial charge in [0, 0.05) is 23.4 Å². The van der Waals surface area contributed by atoms with Gasteiger partial charge < -0.3 is 10.6 Å². The molecule has 0 saturated heterocycles. The maximum Gasteiger partial charge on any atom is 0.274 e. The normalized spacial score (nSPS) is 10.6. The Morgan fingerprint density at radius 1 is 0.962 bits per heavy atom. The molecule has 0 aliphatic heterocycles. The molecule has 2 N–H and O–H groups in total. The number of aryl methyl sites for hydroxylation is 1. The lowest BCUT2D eigenvalue weighted by molar-refractivity contribution is 0.102. The Hall–Kier alpha value is -3.21. The molecule has 0 fully saturated rings. The van der Waals surface area contributed by atoms with E-state index in [0.717, 1.165) is 16.8 Å². The van der Waals surface area contributed by atoms with E-state index in [1.54, 1.807) is 6.07 Å². The molecular formula is C21H22N4O. The first-order chi connectivity index (χ1) is 12.5. The van der Waals surface area contributed by atoms with Crippen molar-refractivity contribution in [1.82, 2.24) is 9.97 Å². The quantitative estimate of drug-likeness (QED) is 0.712. The monoisotopic (exact) mass is 346 g/mol. The number of rotatable bonds is 5. The molecule has 0 atom stereocenters. The van der Waals surface area contributed by atoms with Crippen LogP contribution in [-0.4, -0.2) is 21.9 Å². The Labute approximate surface area is 153 Å². The molecule has 0 saturated carbocycles. The van der Waals surface area contributed by atoms with Crippen molar-refractivity contribution in [3.63, 3.8) is 0 Å². The minimum Gasteiger partial charge on any atom is -0.368 e. The Balaban J connectivity index is 1.95. The van der Waals surface area contributed by atoms with Gasteiger partial charge in [-0.25, -0.2) is 9.97 Å². The Morgan fingerprint density at radius 3 is 2.42 bits per heavy atom. The number of carbonyl (C=O) groups is 1. The number of amides is 1. The molecule has 5 heteroatoms. The van der Waals surface area contributed by atoms with Crippen LogP contribution >= 0.6 is 0 Å². The lowest BCUT2D eigenvalue weighted by atomic mass is 10.2. The molecule has 0 aliphatic carbocycles. The summed E-state index contributed by atoms with van der Waals surface area (Å²) in [5.74, 6) is 0.885. The SMILES string of the molecule is Cc1cccc(NC(=O)c2cc(NC(C)C)nc(-c3ccccc3)n2)c1. The summed E-state index contributed by atoms with van der Waals surface area (Å²) in [6.45, 7) is 6.03. The minimum atomic E-state index is -0.262. The lowest BCUT2D eigenvalue weighted by Crippen LogP contribution is -2.17. The molecular weight excluding hydrogens is 324 g/mol. The third-order valence-electron chi connectivity index (χ3n) is 3.70. The maximum absolute atomic E-state index is 12.7. The molecule has 0 aliphatic rings. The number of nitrogens with one attached hydrogen (secondary N) is 2. The number of nitrogens with zero attached hydrogens (tertiary/aromatic N) is 2. The van der Waals surface area contributed by atoms with Crippen LogP contribution in [0.15, 0.2) is 60.7 Å². The van der Waals surface area contributed by atoms with Gasteiger partial charge in [-0.3, -0.25) is 4.79 Å². The number of anilines is 2. The molecule has 0 unspecified atom stereocenters. The van der Waals surface area contributed by atoms with Crippen molar-refractivity contribution >= 4 is 17.4 Å². The van der Waals surface area contributed by atoms with Crippen molar-refractivity contribution in [2.75, 3.05) is 10.6 Å². The van der Waals surface area contributed by atoms with Gasteiger partial charge >= 0.3 is 0 Å². The minimum absolute atomic E-state index is 0.196. The molecule has 0 bridgehead atoms. The Bertz CT molecular complexity index is 907. The number of aromatic nitrogens is 2. The molecule has 26 heavy (non-hydrogen) atoms. The summed E-state index contributed by atoms with van der Waals surface area (Å²) >= 11 is 0. The summed E-state index contributed by atoms with van der Waals surface area (Å²) in [7, 11) is 0. The van der Waals surface area contributed by atoms with Crippen LogP contribution in [0.25, 0.3) is 11.4 Å². The van der Waals surface area contributed by atoms with Crippen molar-refractivity contribution in [3.8, 4) is 11.4 Å². The molecule has 1 aromatic heterocycles. The molecule has 0 spiro atoms. The molecule has 3 aromatic rings. The first-order valence-corrected chi connectivity index (χ1v) is 8.60. The average Bonchev–Trinajstić information content (AvgIpc) is 2.61. The zero-order chi connectivity index (χ0) is 18.5. The average molecular weight is 346 g/mol. The summed E-state index contributed by atoms with van der Waals surface area (Å²) in [6.07, 6.45) is 0. The second-order valence-corrected chi connectivity index (χ2v) is 6.45. The van der Waals surface area contributed by atoms with E-state index in [-0.39, 0.29) is 11.9 Å². The topological polar surface area (TPSA) is 66.9 Å². The molecule has 0 radical (unpaired) electrons. The number of benzene rings is 2. The molecule has 5 nitrogen and oxygen atoms in total. The first kappa shape index (κ1) is 17.6. The third kappa shape index (κ3) is 4.45. The predicted octanol–water partition coefficient (Wildman–Crippen LogP) is 4.52. The van der Waals surface area contributed by atoms with E-state index in [4.69, 9.17) is 0 Å². The fourth-order valence-electron chi connectivity index (χ4n) is 2.57. The van der Waals surface area contributed by atoms with E-state index in [1.807, 2.05) is 75.4 Å². The standard InChI is InChI=1S/C21H22N4O/c1-14(2)22-19-13-18(21(26)23-17-11-7-8-15(3)12-17)24-20(25-19)16-9-5-4-6-10-16/h4-14H,1-3H3,(H,23,26)(H,22,24,25). The van der Waals surface area contributed by atoms with E-state index < -0.39 is 0 Å². The first-order valence-electron chi connectivity index (χ1n) is 8.60. The van der Waals surface area contributed by atoms with Crippen LogP contribution in [0, 0.1) is 6.92 Å². The van der Waals surface area contributed by atoms with Crippen LogP contribution in [-0.2, 0) is 0 Å². The van der Waals surface area contributed by atoms with E-state index in [0.29, 0.717) is 17.3 Å². The van der Waals surface area contributed by atoms with Gasteiger partial charge in [-0.2, -0.15) is 0 Å². The smallest absolute Gasteiger partial charge is 0.274 e. The van der Waals surface area contributed by atoms with Crippen LogP contribution < -0.4 is 10.6 Å². The van der Waals surface area contributed by atoms with E-state index >= 15 is 0 Å². The number of carbonyl (C=O) groups excluding carboxylic acids is 1. The summed E-state index contributed by atoms with van der Waals surface area (Å²) in [5, 5.41) is 6.15. The highest BCUT2D eigenvalue weighted by Crippen LogP contribution is 2.19. The molecule has 132 valence electrons. The van der Waals surface area contributed by atoms with Crippen molar-refractivity contribution in [1.29, 1.82) is 0 Å². The van der Waals surface area contributed by atoms with Crippen molar-refractivity contribution in [3.05, 3.63) is 71.9 Å². The van der Waals surface area contributed by atoms with E-state index in [9.17, 15) is 4.79 Å². The van der Waals surface area contributed by atoms with Gasteiger partial charge in [0.05, 0.1) is 0 Å². The maximum atomic E-state index is 12.7. The summed E-state index contributed by atoms with van der Waals surface area (Å²) < 4.78 is 0. The highest BCUT2D eigenvalue weighted by molar-refractivity contribution is 6.03. The largest absolute Gasteiger partial charge is 0.368 e. The summed E-state index contributed by atoms with van der Waals surface area (Å²) in [6, 6.07) is 19.2. The van der Waals surface area contributed by atoms with Crippen LogP contribution in [0.1, 0.15) is 29.9 Å². The lowest BCUT2D eigenvalue weighted by Gasteiger charge is -2.12. The highest BCUT2D eigenvalue weighted by atomic mass is 16.1. The van der Waals surface area contributed by atoms with Gasteiger partial charge in [0.25, 0.3) is 5.91 Å². The van der Waals surface area contributed by atoms with Crippen LogP contribution in [0.5, 0.6) is 0 Å². The van der Waals surface area contributed by atoms with Gasteiger partial charge in [-0.15, -0.1) is 0 Å². The van der Waals surface area contributed by atoms with Crippen molar-refractivity contribution in [2.45, 2.75) is 26.8 Å². The zero-order valence-electron chi connectivity index (χ0n) is 15.2. The highest BCUT2D eigenvalue weighted by Gasteiger charge is 2.14. The van der Waals surface area contributed by atoms with E-state index in [1.165, 1.54) is 0 Å². The predicted molar refractivity (Wildman–Crippen MR) is 105 cm³/mol. The van der Waals surface area contributed by atoms with Crippen LogP contribution in [0.2, 0.25) is 0 Å². The Kier molecular flexibility index (Phi) is 5.27. The van der Waals surface area contributed by atoms with Gasteiger partial charge in [-0.05, 0) is 38.5 Å². The molecule has 1 heterocycles. The van der Waals surface area contributed by atoms with Gasteiger partial charge in [-0.1, -0.05) is 42.5 Å². The van der Waals surface area contributed by atoms with Crippen molar-refractivity contribution < 1.29 is 4.79 Å². The Morgan fingerprint density at radius 2 is 1.73 bits per heavy atom. The molecule has 1 amide bonds. The fraction of sp³-hybridized carbons (Fsp3) is 0.190. The van der Waals surface area contributed by atoms with E-state index in [2.05, 4.69) is 20.6 Å². The van der Waals surface area contributed by atoms with Gasteiger partial charge in [0.15, 0.2) is 5.82 Å². The molecule has 2 aromatic carbocycles.